The number of rotatable bonds is 6. The standard InChI is InChI=1S/C20H27N5O2S.HI/c1-2-21-20(22-14-19(27)23-16-5-7-17(26)8-6-16)25-11-9-24(10-12-25)15-18-4-3-13-28-18;/h3-8,13,26H,2,9-12,14-15H2,1H3,(H,21,22)(H,23,27);1H. The largest absolute Gasteiger partial charge is 0.508 e. The summed E-state index contributed by atoms with van der Waals surface area (Å²) in [5.74, 6) is 0.764. The third kappa shape index (κ3) is 7.48. The first-order valence-corrected chi connectivity index (χ1v) is 10.4. The SMILES string of the molecule is CCNC(=NCC(=O)Nc1ccc(O)cc1)N1CCN(Cc2cccs2)CC1.I. The summed E-state index contributed by atoms with van der Waals surface area (Å²) in [6.45, 7) is 7.55. The number of anilines is 1. The van der Waals surface area contributed by atoms with Gasteiger partial charge in [-0.1, -0.05) is 6.07 Å². The van der Waals surface area contributed by atoms with Crippen molar-refractivity contribution in [3.63, 3.8) is 0 Å². The van der Waals surface area contributed by atoms with Crippen molar-refractivity contribution in [3.8, 4) is 5.75 Å². The second kappa shape index (κ2) is 12.0. The highest BCUT2D eigenvalue weighted by atomic mass is 127. The number of carbonyl (C=O) groups is 1. The van der Waals surface area contributed by atoms with Crippen LogP contribution < -0.4 is 10.6 Å². The maximum absolute atomic E-state index is 12.2. The molecule has 1 aliphatic heterocycles. The molecule has 0 atom stereocenters. The van der Waals surface area contributed by atoms with Gasteiger partial charge >= 0.3 is 0 Å². The zero-order chi connectivity index (χ0) is 19.8. The van der Waals surface area contributed by atoms with E-state index in [0.717, 1.165) is 45.2 Å². The van der Waals surface area contributed by atoms with Crippen LogP contribution in [0.2, 0.25) is 0 Å². The van der Waals surface area contributed by atoms with E-state index in [-0.39, 0.29) is 42.2 Å². The second-order valence-corrected chi connectivity index (χ2v) is 7.64. The number of hydrogen-bond donors (Lipinski definition) is 3. The number of nitrogens with one attached hydrogen (secondary N) is 2. The van der Waals surface area contributed by atoms with Gasteiger partial charge in [-0.25, -0.2) is 4.99 Å². The number of hydrogen-bond acceptors (Lipinski definition) is 5. The second-order valence-electron chi connectivity index (χ2n) is 6.61. The lowest BCUT2D eigenvalue weighted by molar-refractivity contribution is -0.114. The highest BCUT2D eigenvalue weighted by Crippen LogP contribution is 2.14. The molecule has 158 valence electrons. The lowest BCUT2D eigenvalue weighted by Gasteiger charge is -2.36. The summed E-state index contributed by atoms with van der Waals surface area (Å²) in [6.07, 6.45) is 0. The van der Waals surface area contributed by atoms with E-state index < -0.39 is 0 Å². The van der Waals surface area contributed by atoms with Crippen molar-refractivity contribution in [3.05, 3.63) is 46.7 Å². The molecule has 3 N–H and O–H groups in total. The molecule has 0 aliphatic carbocycles. The number of carbonyl (C=O) groups excluding carboxylic acids is 1. The lowest BCUT2D eigenvalue weighted by Crippen LogP contribution is -2.52. The summed E-state index contributed by atoms with van der Waals surface area (Å²) in [5, 5.41) is 17.5. The number of aromatic hydroxyl groups is 1. The van der Waals surface area contributed by atoms with E-state index in [1.165, 1.54) is 4.88 Å². The number of piperazine rings is 1. The zero-order valence-electron chi connectivity index (χ0n) is 16.5. The Balaban J connectivity index is 0.00000300. The van der Waals surface area contributed by atoms with Crippen molar-refractivity contribution in [1.29, 1.82) is 0 Å². The van der Waals surface area contributed by atoms with Gasteiger partial charge in [-0.3, -0.25) is 9.69 Å². The van der Waals surface area contributed by atoms with Gasteiger partial charge in [-0.2, -0.15) is 0 Å². The van der Waals surface area contributed by atoms with Crippen molar-refractivity contribution in [2.75, 3.05) is 44.6 Å². The molecule has 2 aromatic rings. The average Bonchev–Trinajstić information content (AvgIpc) is 3.21. The smallest absolute Gasteiger partial charge is 0.246 e. The number of guanidine groups is 1. The van der Waals surface area contributed by atoms with Crippen molar-refractivity contribution in [1.82, 2.24) is 15.1 Å². The van der Waals surface area contributed by atoms with E-state index in [0.29, 0.717) is 5.69 Å². The molecule has 29 heavy (non-hydrogen) atoms. The maximum Gasteiger partial charge on any atom is 0.246 e. The van der Waals surface area contributed by atoms with Gasteiger partial charge in [0.2, 0.25) is 5.91 Å². The third-order valence-electron chi connectivity index (χ3n) is 4.49. The molecular formula is C20H28IN5O2S. The van der Waals surface area contributed by atoms with Crippen molar-refractivity contribution >= 4 is 52.9 Å². The average molecular weight is 529 g/mol. The number of nitrogens with zero attached hydrogens (tertiary/aromatic N) is 3. The van der Waals surface area contributed by atoms with Gasteiger partial charge in [0.25, 0.3) is 0 Å². The maximum atomic E-state index is 12.2. The van der Waals surface area contributed by atoms with Crippen LogP contribution in [0.25, 0.3) is 0 Å². The highest BCUT2D eigenvalue weighted by Gasteiger charge is 2.20. The Morgan fingerprint density at radius 3 is 2.52 bits per heavy atom. The van der Waals surface area contributed by atoms with Gasteiger partial charge in [-0.05, 0) is 42.6 Å². The Bertz CT molecular complexity index is 775. The fourth-order valence-corrected chi connectivity index (χ4v) is 3.80. The molecule has 3 rings (SSSR count). The molecule has 7 nitrogen and oxygen atoms in total. The van der Waals surface area contributed by atoms with Crippen LogP contribution in [-0.2, 0) is 11.3 Å². The van der Waals surface area contributed by atoms with Gasteiger partial charge in [-0.15, -0.1) is 35.3 Å². The summed E-state index contributed by atoms with van der Waals surface area (Å²) < 4.78 is 0. The summed E-state index contributed by atoms with van der Waals surface area (Å²) in [6, 6.07) is 10.7. The third-order valence-corrected chi connectivity index (χ3v) is 5.35. The molecule has 1 aliphatic rings. The fraction of sp³-hybridized carbons (Fsp3) is 0.400. The van der Waals surface area contributed by atoms with Crippen LogP contribution in [0.15, 0.2) is 46.8 Å². The van der Waals surface area contributed by atoms with E-state index in [9.17, 15) is 9.90 Å². The monoisotopic (exact) mass is 529 g/mol. The zero-order valence-corrected chi connectivity index (χ0v) is 19.7. The number of amides is 1. The quantitative estimate of drug-likeness (QED) is 0.232. The minimum Gasteiger partial charge on any atom is -0.508 e. The number of aliphatic imine (C=N–C) groups is 1. The lowest BCUT2D eigenvalue weighted by atomic mass is 10.3. The summed E-state index contributed by atoms with van der Waals surface area (Å²) >= 11 is 1.79. The van der Waals surface area contributed by atoms with Crippen LogP contribution in [0.3, 0.4) is 0 Å². The van der Waals surface area contributed by atoms with Crippen LogP contribution in [0.4, 0.5) is 5.69 Å². The molecular weight excluding hydrogens is 501 g/mol. The minimum atomic E-state index is -0.183. The predicted octanol–water partition coefficient (Wildman–Crippen LogP) is 2.79. The van der Waals surface area contributed by atoms with Crippen LogP contribution in [0.1, 0.15) is 11.8 Å². The molecule has 0 bridgehead atoms. The van der Waals surface area contributed by atoms with E-state index in [2.05, 4.69) is 42.9 Å². The molecule has 2 heterocycles. The van der Waals surface area contributed by atoms with Gasteiger partial charge < -0.3 is 20.6 Å². The molecule has 1 fully saturated rings. The van der Waals surface area contributed by atoms with Gasteiger partial charge in [0.05, 0.1) is 0 Å². The van der Waals surface area contributed by atoms with Crippen LogP contribution in [0, 0.1) is 0 Å². The highest BCUT2D eigenvalue weighted by molar-refractivity contribution is 14.0. The van der Waals surface area contributed by atoms with Crippen LogP contribution >= 0.6 is 35.3 Å². The van der Waals surface area contributed by atoms with Crippen LogP contribution in [-0.4, -0.2) is 66.0 Å². The molecule has 0 unspecified atom stereocenters. The topological polar surface area (TPSA) is 80.2 Å². The van der Waals surface area contributed by atoms with E-state index in [1.54, 1.807) is 35.6 Å². The minimum absolute atomic E-state index is 0. The molecule has 1 saturated heterocycles. The first kappa shape index (κ1) is 23.4. The Morgan fingerprint density at radius 1 is 1.17 bits per heavy atom. The first-order valence-electron chi connectivity index (χ1n) is 9.51. The Kier molecular flexibility index (Phi) is 9.68. The Hall–Kier alpha value is -1.85. The van der Waals surface area contributed by atoms with Crippen molar-refractivity contribution < 1.29 is 9.90 Å². The molecule has 1 amide bonds. The molecule has 9 heteroatoms. The molecule has 0 radical (unpaired) electrons. The Morgan fingerprint density at radius 2 is 1.90 bits per heavy atom. The molecule has 1 aromatic carbocycles. The predicted molar refractivity (Wildman–Crippen MR) is 129 cm³/mol. The van der Waals surface area contributed by atoms with Gasteiger partial charge in [0, 0.05) is 49.8 Å². The van der Waals surface area contributed by atoms with E-state index in [4.69, 9.17) is 0 Å². The molecule has 0 spiro atoms. The normalized spacial score (nSPS) is 14.9. The van der Waals surface area contributed by atoms with Crippen molar-refractivity contribution in [2.24, 2.45) is 4.99 Å². The Labute approximate surface area is 192 Å². The summed E-state index contributed by atoms with van der Waals surface area (Å²) in [4.78, 5) is 22.7. The number of phenolic OH excluding ortho intramolecular Hbond substituents is 1. The van der Waals surface area contributed by atoms with Crippen molar-refractivity contribution in [2.45, 2.75) is 13.5 Å². The molecule has 1 aromatic heterocycles. The first-order chi connectivity index (χ1) is 13.6. The van der Waals surface area contributed by atoms with Gasteiger partial charge in [0.15, 0.2) is 5.96 Å². The summed E-state index contributed by atoms with van der Waals surface area (Å²) in [5.41, 5.74) is 0.644. The number of benzene rings is 1. The van der Waals surface area contributed by atoms with Crippen LogP contribution in [0.5, 0.6) is 5.75 Å². The van der Waals surface area contributed by atoms with Gasteiger partial charge in [0.1, 0.15) is 12.3 Å². The fourth-order valence-electron chi connectivity index (χ4n) is 3.06. The number of phenols is 1. The van der Waals surface area contributed by atoms with E-state index in [1.807, 2.05) is 6.92 Å². The number of thiophene rings is 1. The number of halogens is 1. The molecule has 0 saturated carbocycles. The van der Waals surface area contributed by atoms with E-state index >= 15 is 0 Å². The summed E-state index contributed by atoms with van der Waals surface area (Å²) in [7, 11) is 0.